The molecule has 3 aliphatic heterocycles. The van der Waals surface area contributed by atoms with Gasteiger partial charge in [0.1, 0.15) is 5.76 Å². The molecule has 1 amide bonds. The smallest absolute Gasteiger partial charge is 0.228 e. The summed E-state index contributed by atoms with van der Waals surface area (Å²) in [5, 5.41) is 7.03. The zero-order valence-corrected chi connectivity index (χ0v) is 14.2. The summed E-state index contributed by atoms with van der Waals surface area (Å²) in [6, 6.07) is 0.235. The highest BCUT2D eigenvalue weighted by Gasteiger charge is 2.41. The number of fused-ring (bicyclic) bond motifs is 4. The molecule has 3 fully saturated rings. The maximum atomic E-state index is 12.9. The second kappa shape index (κ2) is 5.63. The van der Waals surface area contributed by atoms with Gasteiger partial charge in [-0.25, -0.2) is 4.98 Å². The van der Waals surface area contributed by atoms with E-state index in [1.54, 1.807) is 11.3 Å². The minimum atomic E-state index is 0.0677. The first-order chi connectivity index (χ1) is 11.1. The number of rotatable bonds is 3. The minimum Gasteiger partial charge on any atom is -0.361 e. The summed E-state index contributed by atoms with van der Waals surface area (Å²) in [5.74, 6) is 1.14. The van der Waals surface area contributed by atoms with Gasteiger partial charge in [-0.1, -0.05) is 5.16 Å². The van der Waals surface area contributed by atoms with Crippen LogP contribution in [-0.4, -0.2) is 40.1 Å². The van der Waals surface area contributed by atoms with Crippen LogP contribution in [0.5, 0.6) is 0 Å². The molecule has 122 valence electrons. The lowest BCUT2D eigenvalue weighted by Gasteiger charge is -2.35. The first-order valence-electron chi connectivity index (χ1n) is 8.00. The van der Waals surface area contributed by atoms with Gasteiger partial charge in [0.2, 0.25) is 5.91 Å². The van der Waals surface area contributed by atoms with Crippen molar-refractivity contribution in [3.05, 3.63) is 28.6 Å². The molecule has 0 unspecified atom stereocenters. The Hall–Kier alpha value is -1.89. The fourth-order valence-corrected chi connectivity index (χ4v) is 4.34. The first-order valence-corrected chi connectivity index (χ1v) is 8.88. The number of carbonyl (C=O) groups excluding carboxylic acids is 1. The van der Waals surface area contributed by atoms with Crippen LogP contribution in [0.25, 0.3) is 0 Å². The molecule has 3 aliphatic rings. The van der Waals surface area contributed by atoms with E-state index in [9.17, 15) is 4.79 Å². The molecule has 0 N–H and O–H groups in total. The van der Waals surface area contributed by atoms with E-state index in [1.165, 1.54) is 0 Å². The third-order valence-electron chi connectivity index (χ3n) is 4.99. The predicted octanol–water partition coefficient (Wildman–Crippen LogP) is 2.38. The van der Waals surface area contributed by atoms with Crippen molar-refractivity contribution in [2.75, 3.05) is 18.0 Å². The van der Waals surface area contributed by atoms with Crippen molar-refractivity contribution in [3.8, 4) is 0 Å². The fraction of sp³-hybridized carbons (Fsp3) is 0.562. The van der Waals surface area contributed by atoms with Crippen LogP contribution in [0.15, 0.2) is 16.1 Å². The number of aryl methyl sites for hydroxylation is 2. The van der Waals surface area contributed by atoms with Gasteiger partial charge in [0.25, 0.3) is 0 Å². The van der Waals surface area contributed by atoms with Crippen LogP contribution in [0, 0.1) is 19.8 Å². The first kappa shape index (κ1) is 14.7. The Labute approximate surface area is 139 Å². The molecular formula is C16H20N4O2S. The number of anilines is 1. The highest BCUT2D eigenvalue weighted by atomic mass is 32.1. The molecule has 5 heterocycles. The van der Waals surface area contributed by atoms with Gasteiger partial charge in [-0.05, 0) is 26.7 Å². The molecular weight excluding hydrogens is 312 g/mol. The molecule has 3 saturated heterocycles. The number of aromatic nitrogens is 2. The number of thiazole rings is 1. The largest absolute Gasteiger partial charge is 0.361 e. The van der Waals surface area contributed by atoms with Gasteiger partial charge >= 0.3 is 0 Å². The summed E-state index contributed by atoms with van der Waals surface area (Å²) in [6.45, 7) is 6.10. The Kier molecular flexibility index (Phi) is 3.60. The third kappa shape index (κ3) is 2.52. The second-order valence-electron chi connectivity index (χ2n) is 6.42. The Morgan fingerprint density at radius 1 is 1.35 bits per heavy atom. The molecule has 2 atom stereocenters. The molecule has 23 heavy (non-hydrogen) atoms. The minimum absolute atomic E-state index is 0.0677. The Morgan fingerprint density at radius 2 is 2.22 bits per heavy atom. The molecule has 0 saturated carbocycles. The average molecular weight is 332 g/mol. The van der Waals surface area contributed by atoms with Crippen molar-refractivity contribution < 1.29 is 9.32 Å². The molecule has 5 rings (SSSR count). The van der Waals surface area contributed by atoms with E-state index in [4.69, 9.17) is 4.52 Å². The lowest BCUT2D eigenvalue weighted by Crippen LogP contribution is -2.47. The second-order valence-corrected chi connectivity index (χ2v) is 7.29. The zero-order valence-electron chi connectivity index (χ0n) is 13.4. The molecule has 2 aromatic rings. The Balaban J connectivity index is 1.61. The summed E-state index contributed by atoms with van der Waals surface area (Å²) in [4.78, 5) is 21.6. The van der Waals surface area contributed by atoms with Gasteiger partial charge in [-0.3, -0.25) is 4.79 Å². The Bertz CT molecular complexity index is 692. The topological polar surface area (TPSA) is 62.5 Å². The van der Waals surface area contributed by atoms with Gasteiger partial charge in [0.05, 0.1) is 18.2 Å². The normalized spacial score (nSPS) is 24.3. The van der Waals surface area contributed by atoms with Crippen LogP contribution in [0.2, 0.25) is 0 Å². The molecule has 7 heteroatoms. The number of hydrogen-bond donors (Lipinski definition) is 0. The van der Waals surface area contributed by atoms with E-state index < -0.39 is 0 Å². The van der Waals surface area contributed by atoms with Crippen LogP contribution < -0.4 is 4.90 Å². The standard InChI is InChI=1S/C16H20N4O2S/c1-10-14(11(2)22-18-10)9-20-13-4-3-12(15(20)21)7-19(8-13)16-17-5-6-23-16/h5-6,12-13H,3-4,7-9H2,1-2H3/t12-,13+/m0/s1. The van der Waals surface area contributed by atoms with Crippen LogP contribution >= 0.6 is 11.3 Å². The van der Waals surface area contributed by atoms with Gasteiger partial charge in [-0.2, -0.15) is 0 Å². The van der Waals surface area contributed by atoms with Gasteiger partial charge < -0.3 is 14.3 Å². The monoisotopic (exact) mass is 332 g/mol. The molecule has 0 radical (unpaired) electrons. The van der Waals surface area contributed by atoms with Crippen molar-refractivity contribution in [3.63, 3.8) is 0 Å². The van der Waals surface area contributed by atoms with E-state index in [0.29, 0.717) is 6.54 Å². The molecule has 2 aromatic heterocycles. The van der Waals surface area contributed by atoms with Crippen molar-refractivity contribution in [2.45, 2.75) is 39.3 Å². The number of piperidine rings is 1. The maximum Gasteiger partial charge on any atom is 0.228 e. The lowest BCUT2D eigenvalue weighted by molar-refractivity contribution is -0.140. The highest BCUT2D eigenvalue weighted by molar-refractivity contribution is 7.13. The van der Waals surface area contributed by atoms with Crippen molar-refractivity contribution in [1.82, 2.24) is 15.0 Å². The highest BCUT2D eigenvalue weighted by Crippen LogP contribution is 2.33. The molecule has 0 aromatic carbocycles. The molecule has 0 spiro atoms. The van der Waals surface area contributed by atoms with E-state index in [-0.39, 0.29) is 17.9 Å². The zero-order chi connectivity index (χ0) is 16.0. The number of carbonyl (C=O) groups is 1. The summed E-state index contributed by atoms with van der Waals surface area (Å²) >= 11 is 1.64. The average Bonchev–Trinajstić information content (AvgIpc) is 3.08. The predicted molar refractivity (Wildman–Crippen MR) is 87.4 cm³/mol. The lowest BCUT2D eigenvalue weighted by atomic mass is 9.93. The van der Waals surface area contributed by atoms with E-state index >= 15 is 0 Å². The van der Waals surface area contributed by atoms with Crippen LogP contribution in [0.3, 0.4) is 0 Å². The third-order valence-corrected chi connectivity index (χ3v) is 5.83. The van der Waals surface area contributed by atoms with Gasteiger partial charge in [0, 0.05) is 36.3 Å². The van der Waals surface area contributed by atoms with Gasteiger partial charge in [-0.15, -0.1) is 11.3 Å². The summed E-state index contributed by atoms with van der Waals surface area (Å²) in [6.07, 6.45) is 3.86. The number of nitrogens with zero attached hydrogens (tertiary/aromatic N) is 4. The fourth-order valence-electron chi connectivity index (χ4n) is 3.67. The summed E-state index contributed by atoms with van der Waals surface area (Å²) < 4.78 is 5.26. The van der Waals surface area contributed by atoms with E-state index in [1.807, 2.05) is 30.3 Å². The molecule has 6 nitrogen and oxygen atoms in total. The van der Waals surface area contributed by atoms with Crippen molar-refractivity contribution >= 4 is 22.4 Å². The molecule has 2 bridgehead atoms. The van der Waals surface area contributed by atoms with Crippen molar-refractivity contribution in [2.24, 2.45) is 5.92 Å². The van der Waals surface area contributed by atoms with E-state index in [0.717, 1.165) is 48.1 Å². The van der Waals surface area contributed by atoms with Crippen LogP contribution in [0.1, 0.15) is 29.9 Å². The molecule has 0 aliphatic carbocycles. The number of hydrogen-bond acceptors (Lipinski definition) is 6. The quantitative estimate of drug-likeness (QED) is 0.863. The summed E-state index contributed by atoms with van der Waals surface area (Å²) in [5.41, 5.74) is 1.93. The SMILES string of the molecule is Cc1noc(C)c1CN1C(=O)[C@H]2CC[C@@H]1CN(c1nccs1)C2. The van der Waals surface area contributed by atoms with Crippen LogP contribution in [0.4, 0.5) is 5.13 Å². The summed E-state index contributed by atoms with van der Waals surface area (Å²) in [7, 11) is 0. The van der Waals surface area contributed by atoms with Crippen LogP contribution in [-0.2, 0) is 11.3 Å². The van der Waals surface area contributed by atoms with E-state index in [2.05, 4.69) is 15.0 Å². The maximum absolute atomic E-state index is 12.9. The Morgan fingerprint density at radius 3 is 2.91 bits per heavy atom. The van der Waals surface area contributed by atoms with Gasteiger partial charge in [0.15, 0.2) is 5.13 Å². The number of amides is 1. The van der Waals surface area contributed by atoms with Crippen molar-refractivity contribution in [1.29, 1.82) is 0 Å².